The van der Waals surface area contributed by atoms with E-state index in [9.17, 15) is 4.79 Å². The van der Waals surface area contributed by atoms with Gasteiger partial charge in [0.15, 0.2) is 0 Å². The number of anilines is 2. The highest BCUT2D eigenvalue weighted by molar-refractivity contribution is 6.02. The molecule has 0 radical (unpaired) electrons. The molecule has 0 aliphatic rings. The number of aryl methyl sites for hydroxylation is 2. The number of hydrogen-bond donors (Lipinski definition) is 1. The quantitative estimate of drug-likeness (QED) is 0.354. The standard InChI is InChI=1S/C28H30N4O/c1-5-31(6-2)24-13-11-23(12-14-24)29-27(33)16-15-25-28(22-9-7-20(3)8-10-22)30-26-19-21(4)17-18-32(25)26/h7-19H,5-6H2,1-4H3,(H,29,33)/b16-15+. The van der Waals surface area contributed by atoms with E-state index in [4.69, 9.17) is 4.98 Å². The number of nitrogens with one attached hydrogen (secondary N) is 1. The van der Waals surface area contributed by atoms with Gasteiger partial charge in [-0.15, -0.1) is 0 Å². The van der Waals surface area contributed by atoms with Crippen molar-refractivity contribution >= 4 is 29.0 Å². The van der Waals surface area contributed by atoms with E-state index >= 15 is 0 Å². The minimum absolute atomic E-state index is 0.178. The van der Waals surface area contributed by atoms with Crippen molar-refractivity contribution in [2.75, 3.05) is 23.3 Å². The van der Waals surface area contributed by atoms with E-state index in [-0.39, 0.29) is 5.91 Å². The summed E-state index contributed by atoms with van der Waals surface area (Å²) in [5.74, 6) is -0.178. The summed E-state index contributed by atoms with van der Waals surface area (Å²) < 4.78 is 2.02. The summed E-state index contributed by atoms with van der Waals surface area (Å²) in [5.41, 5.74) is 7.87. The van der Waals surface area contributed by atoms with Crippen LogP contribution in [0.25, 0.3) is 23.0 Å². The first-order valence-electron chi connectivity index (χ1n) is 11.4. The summed E-state index contributed by atoms with van der Waals surface area (Å²) in [6, 6.07) is 20.3. The molecule has 0 fully saturated rings. The van der Waals surface area contributed by atoms with Crippen LogP contribution in [0.5, 0.6) is 0 Å². The molecule has 1 amide bonds. The molecule has 0 aliphatic heterocycles. The second kappa shape index (κ2) is 9.74. The largest absolute Gasteiger partial charge is 0.372 e. The fourth-order valence-electron chi connectivity index (χ4n) is 3.93. The number of rotatable bonds is 7. The Morgan fingerprint density at radius 1 is 0.970 bits per heavy atom. The first kappa shape index (κ1) is 22.3. The fourth-order valence-corrected chi connectivity index (χ4v) is 3.93. The molecule has 0 spiro atoms. The van der Waals surface area contributed by atoms with Gasteiger partial charge in [0.25, 0.3) is 0 Å². The average Bonchev–Trinajstić information content (AvgIpc) is 3.17. The van der Waals surface area contributed by atoms with Crippen LogP contribution in [-0.4, -0.2) is 28.4 Å². The zero-order valence-electron chi connectivity index (χ0n) is 19.7. The molecule has 33 heavy (non-hydrogen) atoms. The Hall–Kier alpha value is -3.86. The SMILES string of the molecule is CCN(CC)c1ccc(NC(=O)/C=C/c2c(-c3ccc(C)cc3)nc3cc(C)ccn23)cc1. The summed E-state index contributed by atoms with van der Waals surface area (Å²) in [6.07, 6.45) is 5.41. The van der Waals surface area contributed by atoms with Gasteiger partial charge >= 0.3 is 0 Å². The number of imidazole rings is 1. The van der Waals surface area contributed by atoms with Crippen molar-refractivity contribution < 1.29 is 4.79 Å². The number of aromatic nitrogens is 2. The molecule has 168 valence electrons. The number of hydrogen-bond acceptors (Lipinski definition) is 3. The smallest absolute Gasteiger partial charge is 0.248 e. The van der Waals surface area contributed by atoms with Crippen LogP contribution in [0, 0.1) is 13.8 Å². The van der Waals surface area contributed by atoms with Crippen molar-refractivity contribution in [3.63, 3.8) is 0 Å². The third-order valence-corrected chi connectivity index (χ3v) is 5.80. The van der Waals surface area contributed by atoms with Gasteiger partial charge in [-0.2, -0.15) is 0 Å². The lowest BCUT2D eigenvalue weighted by molar-refractivity contribution is -0.111. The van der Waals surface area contributed by atoms with Gasteiger partial charge in [-0.25, -0.2) is 4.98 Å². The predicted octanol–water partition coefficient (Wildman–Crippen LogP) is 6.12. The number of pyridine rings is 1. The molecule has 4 rings (SSSR count). The van der Waals surface area contributed by atoms with Crippen LogP contribution in [0.15, 0.2) is 72.9 Å². The normalized spacial score (nSPS) is 11.3. The van der Waals surface area contributed by atoms with E-state index in [0.717, 1.165) is 52.6 Å². The molecule has 0 unspecified atom stereocenters. The number of benzene rings is 2. The minimum atomic E-state index is -0.178. The van der Waals surface area contributed by atoms with Gasteiger partial charge in [0.1, 0.15) is 5.65 Å². The second-order valence-corrected chi connectivity index (χ2v) is 8.19. The molecule has 0 saturated carbocycles. The van der Waals surface area contributed by atoms with E-state index in [2.05, 4.69) is 62.2 Å². The number of amides is 1. The predicted molar refractivity (Wildman–Crippen MR) is 138 cm³/mol. The highest BCUT2D eigenvalue weighted by Gasteiger charge is 2.13. The van der Waals surface area contributed by atoms with Crippen LogP contribution >= 0.6 is 0 Å². The van der Waals surface area contributed by atoms with E-state index in [1.807, 2.05) is 53.1 Å². The van der Waals surface area contributed by atoms with Crippen molar-refractivity contribution in [1.29, 1.82) is 0 Å². The lowest BCUT2D eigenvalue weighted by atomic mass is 10.1. The Balaban J connectivity index is 1.60. The molecular formula is C28H30N4O. The summed E-state index contributed by atoms with van der Waals surface area (Å²) in [6.45, 7) is 10.3. The number of fused-ring (bicyclic) bond motifs is 1. The van der Waals surface area contributed by atoms with Gasteiger partial charge in [-0.05, 0) is 75.7 Å². The maximum Gasteiger partial charge on any atom is 0.248 e. The van der Waals surface area contributed by atoms with Crippen molar-refractivity contribution in [1.82, 2.24) is 9.38 Å². The lowest BCUT2D eigenvalue weighted by Crippen LogP contribution is -2.21. The van der Waals surface area contributed by atoms with Crippen LogP contribution < -0.4 is 10.2 Å². The maximum atomic E-state index is 12.7. The van der Waals surface area contributed by atoms with E-state index in [0.29, 0.717) is 0 Å². The Bertz CT molecular complexity index is 1280. The number of carbonyl (C=O) groups excluding carboxylic acids is 1. The molecule has 2 aromatic carbocycles. The molecule has 1 N–H and O–H groups in total. The molecule has 4 aromatic rings. The molecule has 2 aromatic heterocycles. The van der Waals surface area contributed by atoms with Crippen LogP contribution in [0.3, 0.4) is 0 Å². The van der Waals surface area contributed by atoms with Crippen molar-refractivity contribution in [2.45, 2.75) is 27.7 Å². The van der Waals surface area contributed by atoms with E-state index in [1.165, 1.54) is 5.56 Å². The minimum Gasteiger partial charge on any atom is -0.372 e. The monoisotopic (exact) mass is 438 g/mol. The van der Waals surface area contributed by atoms with Crippen molar-refractivity contribution in [3.8, 4) is 11.3 Å². The van der Waals surface area contributed by atoms with Crippen molar-refractivity contribution in [2.24, 2.45) is 0 Å². The van der Waals surface area contributed by atoms with Gasteiger partial charge in [-0.3, -0.25) is 9.20 Å². The van der Waals surface area contributed by atoms with Gasteiger partial charge < -0.3 is 10.2 Å². The highest BCUT2D eigenvalue weighted by Crippen LogP contribution is 2.26. The van der Waals surface area contributed by atoms with Gasteiger partial charge in [0, 0.05) is 42.3 Å². The number of carbonyl (C=O) groups is 1. The lowest BCUT2D eigenvalue weighted by Gasteiger charge is -2.21. The summed E-state index contributed by atoms with van der Waals surface area (Å²) in [4.78, 5) is 19.8. The highest BCUT2D eigenvalue weighted by atomic mass is 16.1. The zero-order valence-corrected chi connectivity index (χ0v) is 19.7. The molecule has 0 saturated heterocycles. The first-order valence-corrected chi connectivity index (χ1v) is 11.4. The molecular weight excluding hydrogens is 408 g/mol. The van der Waals surface area contributed by atoms with Crippen LogP contribution in [-0.2, 0) is 4.79 Å². The number of nitrogens with zero attached hydrogens (tertiary/aromatic N) is 3. The molecule has 5 nitrogen and oxygen atoms in total. The topological polar surface area (TPSA) is 49.6 Å². The molecule has 0 aliphatic carbocycles. The van der Waals surface area contributed by atoms with Gasteiger partial charge in [-0.1, -0.05) is 29.8 Å². The molecule has 0 atom stereocenters. The summed E-state index contributed by atoms with van der Waals surface area (Å²) in [5, 5.41) is 2.96. The third kappa shape index (κ3) is 4.98. The third-order valence-electron chi connectivity index (χ3n) is 5.80. The summed E-state index contributed by atoms with van der Waals surface area (Å²) in [7, 11) is 0. The van der Waals surface area contributed by atoms with Gasteiger partial charge in [0.05, 0.1) is 11.4 Å². The fraction of sp³-hybridized carbons (Fsp3) is 0.214. The molecule has 0 bridgehead atoms. The summed E-state index contributed by atoms with van der Waals surface area (Å²) >= 11 is 0. The Labute approximate surface area is 195 Å². The van der Waals surface area contributed by atoms with Gasteiger partial charge in [0.2, 0.25) is 5.91 Å². The Kier molecular flexibility index (Phi) is 6.59. The molecule has 2 heterocycles. The van der Waals surface area contributed by atoms with Crippen LogP contribution in [0.2, 0.25) is 0 Å². The second-order valence-electron chi connectivity index (χ2n) is 8.19. The van der Waals surface area contributed by atoms with Crippen LogP contribution in [0.1, 0.15) is 30.7 Å². The first-order chi connectivity index (χ1) is 16.0. The van der Waals surface area contributed by atoms with E-state index < -0.39 is 0 Å². The molecule has 5 heteroatoms. The maximum absolute atomic E-state index is 12.7. The van der Waals surface area contributed by atoms with Crippen molar-refractivity contribution in [3.05, 3.63) is 89.8 Å². The Morgan fingerprint density at radius 3 is 2.33 bits per heavy atom. The Morgan fingerprint density at radius 2 is 1.67 bits per heavy atom. The van der Waals surface area contributed by atoms with E-state index in [1.54, 1.807) is 6.08 Å². The zero-order chi connectivity index (χ0) is 23.4. The van der Waals surface area contributed by atoms with Crippen LogP contribution in [0.4, 0.5) is 11.4 Å². The average molecular weight is 439 g/mol.